The first-order valence-electron chi connectivity index (χ1n) is 20.8. The van der Waals surface area contributed by atoms with Gasteiger partial charge in [-0.25, -0.2) is 38.4 Å². The predicted octanol–water partition coefficient (Wildman–Crippen LogP) is 7.25. The molecule has 0 saturated heterocycles. The van der Waals surface area contributed by atoms with E-state index in [4.69, 9.17) is 23.7 Å². The Morgan fingerprint density at radius 2 is 0.270 bits per heavy atom. The molecule has 8 aromatic carbocycles. The summed E-state index contributed by atoms with van der Waals surface area (Å²) in [5, 5.41) is 0. The van der Waals surface area contributed by atoms with E-state index in [1.54, 1.807) is 243 Å². The molecule has 8 N–H and O–H groups in total. The van der Waals surface area contributed by atoms with Crippen molar-refractivity contribution >= 4 is 54.5 Å². The van der Waals surface area contributed by atoms with Gasteiger partial charge in [0, 0.05) is 0 Å². The van der Waals surface area contributed by atoms with Crippen LogP contribution in [0.5, 0.6) is 0 Å². The van der Waals surface area contributed by atoms with Gasteiger partial charge in [0.15, 0.2) is 0 Å². The van der Waals surface area contributed by atoms with Crippen molar-refractivity contribution in [1.82, 2.24) is 0 Å². The summed E-state index contributed by atoms with van der Waals surface area (Å²) in [4.78, 5) is 101. The fourth-order valence-corrected chi connectivity index (χ4v) is 5.40. The van der Waals surface area contributed by atoms with Crippen LogP contribution in [0.2, 0.25) is 0 Å². The van der Waals surface area contributed by atoms with Crippen LogP contribution in [0, 0.1) is 0 Å². The fourth-order valence-electron chi connectivity index (χ4n) is 5.40. The Bertz CT molecular complexity index is 2310. The lowest BCUT2D eigenvalue weighted by Crippen LogP contribution is -2.12. The lowest BCUT2D eigenvalue weighted by molar-refractivity contribution is -0.0980. The molecule has 8 rings (SSSR count). The number of ether oxygens (including phenoxy) is 4. The van der Waals surface area contributed by atoms with Gasteiger partial charge in [-0.1, -0.05) is 146 Å². The van der Waals surface area contributed by atoms with Crippen LogP contribution in [-0.2, 0) is 23.7 Å². The van der Waals surface area contributed by atoms with Crippen molar-refractivity contribution in [1.29, 1.82) is 0 Å². The van der Waals surface area contributed by atoms with E-state index >= 15 is 0 Å². The van der Waals surface area contributed by atoms with Gasteiger partial charge in [-0.05, 0) is 97.1 Å². The maximum absolute atomic E-state index is 11.6. The van der Waals surface area contributed by atoms with Gasteiger partial charge in [0.2, 0.25) is 0 Å². The Morgan fingerprint density at radius 1 is 0.189 bits per heavy atom. The minimum Gasteiger partial charge on any atom is -0.412 e. The molecule has 8 aromatic rings. The second-order valence-corrected chi connectivity index (χ2v) is 13.6. The smallest absolute Gasteiger partial charge is 0.346 e. The number of carbonyl (C=O) groups excluding carboxylic acids is 9. The Labute approximate surface area is 424 Å². The number of esters is 8. The number of hydrogen-bond donors (Lipinski definition) is 0. The zero-order chi connectivity index (χ0) is 50.4. The fraction of sp³-hybridized carbons (Fsp3) is 0. The Kier molecular flexibility index (Phi) is 30.9. The molecular formula is C57H50O17. The predicted molar refractivity (Wildman–Crippen MR) is 272 cm³/mol. The van der Waals surface area contributed by atoms with Crippen LogP contribution in [0.4, 0.5) is 0 Å². The molecule has 0 aromatic heterocycles. The summed E-state index contributed by atoms with van der Waals surface area (Å²) in [6.07, 6.45) is 0. The zero-order valence-corrected chi connectivity index (χ0v) is 39.1. The van der Waals surface area contributed by atoms with E-state index < -0.39 is 47.8 Å². The molecule has 0 saturated carbocycles. The van der Waals surface area contributed by atoms with Crippen molar-refractivity contribution in [3.8, 4) is 0 Å². The summed E-state index contributed by atoms with van der Waals surface area (Å²) in [6.45, 7) is 2.00. The van der Waals surface area contributed by atoms with E-state index in [1.165, 1.54) is 0 Å². The molecule has 0 aliphatic carbocycles. The van der Waals surface area contributed by atoms with Gasteiger partial charge >= 0.3 is 47.8 Å². The molecule has 0 spiro atoms. The van der Waals surface area contributed by atoms with E-state index in [2.05, 4.69) is 0 Å². The maximum atomic E-state index is 11.6. The highest BCUT2D eigenvalue weighted by Gasteiger charge is 2.17. The molecule has 0 heterocycles. The largest absolute Gasteiger partial charge is 0.412 e. The van der Waals surface area contributed by atoms with Crippen LogP contribution in [0.1, 0.15) is 82.9 Å². The quantitative estimate of drug-likeness (QED) is 0.0823. The van der Waals surface area contributed by atoms with Crippen molar-refractivity contribution in [2.45, 2.75) is 0 Å². The third-order valence-corrected chi connectivity index (χ3v) is 8.82. The summed E-state index contributed by atoms with van der Waals surface area (Å²) in [5.74, 6) is -5.12. The van der Waals surface area contributed by atoms with Gasteiger partial charge in [-0.3, -0.25) is 0 Å². The molecule has 0 unspecified atom stereocenters. The first kappa shape index (κ1) is 63.8. The third-order valence-electron chi connectivity index (χ3n) is 8.82. The van der Waals surface area contributed by atoms with Crippen molar-refractivity contribution < 1.29 is 84.0 Å². The first-order valence-corrected chi connectivity index (χ1v) is 20.8. The van der Waals surface area contributed by atoms with E-state index in [1.807, 2.05) is 6.79 Å². The molecule has 74 heavy (non-hydrogen) atoms. The van der Waals surface area contributed by atoms with Crippen LogP contribution >= 0.6 is 0 Å². The molecule has 0 fully saturated rings. The Hall–Kier alpha value is -10.2. The number of hydrogen-bond acceptors (Lipinski definition) is 13. The summed E-state index contributed by atoms with van der Waals surface area (Å²) in [5.41, 5.74) is 2.87. The molecular weight excluding hydrogens is 957 g/mol. The van der Waals surface area contributed by atoms with E-state index in [9.17, 15) is 38.4 Å². The number of benzene rings is 8. The molecule has 0 amide bonds. The lowest BCUT2D eigenvalue weighted by Gasteiger charge is -2.02. The SMILES string of the molecule is C=O.O.O.O.O.O=C(OC(=O)c1ccccc1)c1ccccc1.O=C(OC(=O)c1ccccc1)c1ccccc1.O=C(OC(=O)c1ccccc1)c1ccccc1.O=C(OC(=O)c1ccccc1)c1ccccc1. The third kappa shape index (κ3) is 22.1. The van der Waals surface area contributed by atoms with Gasteiger partial charge in [0.1, 0.15) is 6.79 Å². The summed E-state index contributed by atoms with van der Waals surface area (Å²) < 4.78 is 19.0. The van der Waals surface area contributed by atoms with Crippen molar-refractivity contribution in [3.63, 3.8) is 0 Å². The molecule has 17 heteroatoms. The Morgan fingerprint density at radius 3 is 0.351 bits per heavy atom. The van der Waals surface area contributed by atoms with Crippen molar-refractivity contribution in [3.05, 3.63) is 287 Å². The highest BCUT2D eigenvalue weighted by molar-refractivity contribution is 6.04. The summed E-state index contributed by atoms with van der Waals surface area (Å²) >= 11 is 0. The van der Waals surface area contributed by atoms with Crippen LogP contribution in [0.15, 0.2) is 243 Å². The number of carbonyl (C=O) groups is 9. The molecule has 17 nitrogen and oxygen atoms in total. The van der Waals surface area contributed by atoms with E-state index in [-0.39, 0.29) is 21.9 Å². The Balaban J connectivity index is 0.000000932. The topological polar surface area (TPSA) is 317 Å². The maximum Gasteiger partial charge on any atom is 0.346 e. The lowest BCUT2D eigenvalue weighted by atomic mass is 10.2. The second-order valence-electron chi connectivity index (χ2n) is 13.6. The van der Waals surface area contributed by atoms with Crippen LogP contribution in [-0.4, -0.2) is 76.4 Å². The summed E-state index contributed by atoms with van der Waals surface area (Å²) in [7, 11) is 0. The van der Waals surface area contributed by atoms with Crippen molar-refractivity contribution in [2.75, 3.05) is 0 Å². The highest BCUT2D eigenvalue weighted by Crippen LogP contribution is 2.10. The van der Waals surface area contributed by atoms with E-state index in [0.29, 0.717) is 44.5 Å². The average molecular weight is 1010 g/mol. The molecule has 0 bridgehead atoms. The molecule has 0 radical (unpaired) electrons. The molecule has 380 valence electrons. The minimum absolute atomic E-state index is 0. The number of rotatable bonds is 8. The standard InChI is InChI=1S/4C14H10O3.CH2O.4H2O/c4*15-13(11-7-3-1-4-8-11)17-14(16)12-9-5-2-6-10-12;1-2;;;;/h4*1-10H;1H2;4*1H2. The van der Waals surface area contributed by atoms with Gasteiger partial charge in [-0.2, -0.15) is 0 Å². The zero-order valence-electron chi connectivity index (χ0n) is 39.1. The molecule has 0 atom stereocenters. The van der Waals surface area contributed by atoms with Crippen LogP contribution in [0.3, 0.4) is 0 Å². The van der Waals surface area contributed by atoms with Gasteiger partial charge < -0.3 is 45.6 Å². The van der Waals surface area contributed by atoms with Crippen molar-refractivity contribution in [2.24, 2.45) is 0 Å². The minimum atomic E-state index is -0.639. The molecule has 0 aliphatic heterocycles. The summed E-state index contributed by atoms with van der Waals surface area (Å²) in [6, 6.07) is 67.3. The second kappa shape index (κ2) is 35.9. The van der Waals surface area contributed by atoms with Crippen LogP contribution < -0.4 is 0 Å². The normalized spacial score (nSPS) is 8.92. The van der Waals surface area contributed by atoms with Crippen LogP contribution in [0.25, 0.3) is 0 Å². The molecule has 0 aliphatic rings. The van der Waals surface area contributed by atoms with Gasteiger partial charge in [-0.15, -0.1) is 0 Å². The van der Waals surface area contributed by atoms with Gasteiger partial charge in [0.05, 0.1) is 44.5 Å². The van der Waals surface area contributed by atoms with E-state index in [0.717, 1.165) is 0 Å². The average Bonchev–Trinajstić information content (AvgIpc) is 3.43. The highest BCUT2D eigenvalue weighted by atomic mass is 16.6. The first-order chi connectivity index (χ1) is 34.1. The van der Waals surface area contributed by atoms with Gasteiger partial charge in [0.25, 0.3) is 0 Å². The monoisotopic (exact) mass is 1010 g/mol.